The van der Waals surface area contributed by atoms with Crippen LogP contribution in [0.4, 0.5) is 28.7 Å². The van der Waals surface area contributed by atoms with E-state index in [1.54, 1.807) is 48.5 Å². The molecule has 1 aromatic heterocycles. The summed E-state index contributed by atoms with van der Waals surface area (Å²) in [6.45, 7) is 1.39. The third-order valence-electron chi connectivity index (χ3n) is 3.89. The van der Waals surface area contributed by atoms with E-state index in [9.17, 15) is 19.7 Å². The van der Waals surface area contributed by atoms with E-state index in [4.69, 9.17) is 0 Å². The maximum Gasteiger partial charge on any atom is 0.355 e. The van der Waals surface area contributed by atoms with E-state index in [0.717, 1.165) is 6.33 Å². The molecule has 0 aliphatic rings. The molecule has 0 atom stereocenters. The minimum atomic E-state index is -0.666. The van der Waals surface area contributed by atoms with Gasteiger partial charge in [0.15, 0.2) is 0 Å². The van der Waals surface area contributed by atoms with Gasteiger partial charge in [-0.1, -0.05) is 12.1 Å². The number of carbonyl (C=O) groups is 2. The van der Waals surface area contributed by atoms with Crippen molar-refractivity contribution in [1.29, 1.82) is 0 Å². The Balaban J connectivity index is 1.79. The lowest BCUT2D eigenvalue weighted by Crippen LogP contribution is -2.30. The van der Waals surface area contributed by atoms with E-state index in [1.165, 1.54) is 6.92 Å². The number of carbonyl (C=O) groups excluding carboxylic acids is 2. The van der Waals surface area contributed by atoms with Crippen LogP contribution < -0.4 is 21.5 Å². The van der Waals surface area contributed by atoms with E-state index < -0.39 is 16.5 Å². The van der Waals surface area contributed by atoms with Gasteiger partial charge in [0.25, 0.3) is 5.91 Å². The van der Waals surface area contributed by atoms with Gasteiger partial charge in [-0.25, -0.2) is 9.97 Å². The molecule has 31 heavy (non-hydrogen) atoms. The van der Waals surface area contributed by atoms with Gasteiger partial charge in [-0.3, -0.25) is 30.6 Å². The van der Waals surface area contributed by atoms with Crippen LogP contribution in [0.15, 0.2) is 59.3 Å². The molecule has 0 saturated heterocycles. The maximum absolute atomic E-state index is 12.3. The molecular formula is C19H16BrN7O4. The maximum atomic E-state index is 12.3. The SMILES string of the molecule is CC(=O)Nc1ccc(Nc2ncnc(NNC(=O)c3ccccc3Br)c2[N+](=O)[O-])cc1. The third kappa shape index (κ3) is 5.51. The molecule has 0 aliphatic carbocycles. The lowest BCUT2D eigenvalue weighted by Gasteiger charge is -2.12. The number of benzene rings is 2. The van der Waals surface area contributed by atoms with Crippen molar-refractivity contribution in [2.24, 2.45) is 0 Å². The Labute approximate surface area is 184 Å². The average molecular weight is 486 g/mol. The van der Waals surface area contributed by atoms with Crippen molar-refractivity contribution in [3.05, 3.63) is 75.0 Å². The predicted molar refractivity (Wildman–Crippen MR) is 118 cm³/mol. The smallest absolute Gasteiger partial charge is 0.334 e. The Bertz CT molecular complexity index is 1140. The second kappa shape index (κ2) is 9.63. The molecule has 0 radical (unpaired) electrons. The van der Waals surface area contributed by atoms with Crippen molar-refractivity contribution >= 4 is 56.4 Å². The largest absolute Gasteiger partial charge is 0.355 e. The highest BCUT2D eigenvalue weighted by atomic mass is 79.9. The second-order valence-electron chi connectivity index (χ2n) is 6.12. The number of halogens is 1. The molecule has 2 aromatic carbocycles. The van der Waals surface area contributed by atoms with Crippen LogP contribution in [0.5, 0.6) is 0 Å². The lowest BCUT2D eigenvalue weighted by atomic mass is 10.2. The molecule has 0 aliphatic heterocycles. The summed E-state index contributed by atoms with van der Waals surface area (Å²) in [7, 11) is 0. The lowest BCUT2D eigenvalue weighted by molar-refractivity contribution is -0.383. The number of anilines is 4. The molecule has 0 unspecified atom stereocenters. The number of aromatic nitrogens is 2. The zero-order valence-corrected chi connectivity index (χ0v) is 17.6. The van der Waals surface area contributed by atoms with Gasteiger partial charge in [0.1, 0.15) is 6.33 Å². The first-order chi connectivity index (χ1) is 14.8. The van der Waals surface area contributed by atoms with Crippen LogP contribution in [0.2, 0.25) is 0 Å². The Morgan fingerprint density at radius 2 is 1.65 bits per heavy atom. The van der Waals surface area contributed by atoms with Gasteiger partial charge in [0.2, 0.25) is 17.5 Å². The molecule has 3 rings (SSSR count). The Morgan fingerprint density at radius 3 is 2.29 bits per heavy atom. The minimum Gasteiger partial charge on any atom is -0.334 e. The molecule has 158 valence electrons. The van der Waals surface area contributed by atoms with Gasteiger partial charge in [-0.05, 0) is 52.3 Å². The summed E-state index contributed by atoms with van der Waals surface area (Å²) < 4.78 is 0.566. The summed E-state index contributed by atoms with van der Waals surface area (Å²) in [4.78, 5) is 42.2. The van der Waals surface area contributed by atoms with Crippen LogP contribution in [0.3, 0.4) is 0 Å². The molecule has 1 heterocycles. The van der Waals surface area contributed by atoms with Crippen LogP contribution in [0.25, 0.3) is 0 Å². The Hall–Kier alpha value is -4.06. The first kappa shape index (κ1) is 21.6. The van der Waals surface area contributed by atoms with Crippen LogP contribution in [-0.4, -0.2) is 26.7 Å². The number of nitrogens with zero attached hydrogens (tertiary/aromatic N) is 3. The van der Waals surface area contributed by atoms with Gasteiger partial charge in [0, 0.05) is 22.8 Å². The standard InChI is InChI=1S/C19H16BrN7O4/c1-11(28)23-12-6-8-13(9-7-12)24-17-16(27(30)31)18(22-10-21-17)25-26-19(29)14-4-2-3-5-15(14)20/h2-10H,1H3,(H,23,28)(H,26,29)(H2,21,22,24,25). The summed E-state index contributed by atoms with van der Waals surface area (Å²) in [5.74, 6) is -1.00. The summed E-state index contributed by atoms with van der Waals surface area (Å²) in [5.41, 5.74) is 5.82. The van der Waals surface area contributed by atoms with Crippen molar-refractivity contribution in [2.45, 2.75) is 6.92 Å². The van der Waals surface area contributed by atoms with Crippen LogP contribution >= 0.6 is 15.9 Å². The van der Waals surface area contributed by atoms with Crippen molar-refractivity contribution in [1.82, 2.24) is 15.4 Å². The molecule has 0 saturated carbocycles. The topological polar surface area (TPSA) is 151 Å². The molecular weight excluding hydrogens is 470 g/mol. The van der Waals surface area contributed by atoms with E-state index >= 15 is 0 Å². The zero-order valence-electron chi connectivity index (χ0n) is 16.0. The molecule has 0 bridgehead atoms. The summed E-state index contributed by atoms with van der Waals surface area (Å²) in [5, 5.41) is 17.1. The Kier molecular flexibility index (Phi) is 6.72. The monoisotopic (exact) mass is 485 g/mol. The highest BCUT2D eigenvalue weighted by Crippen LogP contribution is 2.31. The normalized spacial score (nSPS) is 10.1. The number of hydrogen-bond acceptors (Lipinski definition) is 8. The highest BCUT2D eigenvalue weighted by Gasteiger charge is 2.24. The minimum absolute atomic E-state index is 0.0788. The predicted octanol–water partition coefficient (Wildman–Crippen LogP) is 3.61. The first-order valence-electron chi connectivity index (χ1n) is 8.80. The number of hydrazine groups is 1. The quantitative estimate of drug-likeness (QED) is 0.292. The molecule has 12 heteroatoms. The summed E-state index contributed by atoms with van der Waals surface area (Å²) >= 11 is 3.27. The van der Waals surface area contributed by atoms with Crippen molar-refractivity contribution in [2.75, 3.05) is 16.1 Å². The van der Waals surface area contributed by atoms with Gasteiger partial charge < -0.3 is 10.6 Å². The molecule has 4 N–H and O–H groups in total. The van der Waals surface area contributed by atoms with Gasteiger partial charge in [0.05, 0.1) is 10.5 Å². The number of amides is 2. The van der Waals surface area contributed by atoms with Crippen LogP contribution in [0, 0.1) is 10.1 Å². The molecule has 2 amide bonds. The van der Waals surface area contributed by atoms with Gasteiger partial charge in [-0.2, -0.15) is 0 Å². The number of nitrogens with one attached hydrogen (secondary N) is 4. The first-order valence-corrected chi connectivity index (χ1v) is 9.59. The fraction of sp³-hybridized carbons (Fsp3) is 0.0526. The van der Waals surface area contributed by atoms with Gasteiger partial charge >= 0.3 is 5.69 Å². The van der Waals surface area contributed by atoms with E-state index in [2.05, 4.69) is 47.4 Å². The van der Waals surface area contributed by atoms with E-state index in [-0.39, 0.29) is 17.5 Å². The van der Waals surface area contributed by atoms with Crippen molar-refractivity contribution in [3.8, 4) is 0 Å². The third-order valence-corrected chi connectivity index (χ3v) is 4.58. The van der Waals surface area contributed by atoms with Gasteiger partial charge in [-0.15, -0.1) is 0 Å². The zero-order chi connectivity index (χ0) is 22.4. The van der Waals surface area contributed by atoms with E-state index in [0.29, 0.717) is 21.4 Å². The molecule has 11 nitrogen and oxygen atoms in total. The average Bonchev–Trinajstić information content (AvgIpc) is 2.73. The highest BCUT2D eigenvalue weighted by molar-refractivity contribution is 9.10. The number of rotatable bonds is 7. The van der Waals surface area contributed by atoms with Crippen molar-refractivity contribution < 1.29 is 14.5 Å². The number of nitro groups is 1. The summed E-state index contributed by atoms with van der Waals surface area (Å²) in [6.07, 6.45) is 1.12. The second-order valence-corrected chi connectivity index (χ2v) is 6.97. The Morgan fingerprint density at radius 1 is 1.00 bits per heavy atom. The molecule has 0 fully saturated rings. The van der Waals surface area contributed by atoms with Crippen LogP contribution in [0.1, 0.15) is 17.3 Å². The number of hydrogen-bond donors (Lipinski definition) is 4. The summed E-state index contributed by atoms with van der Waals surface area (Å²) in [6, 6.07) is 13.2. The van der Waals surface area contributed by atoms with Crippen LogP contribution in [-0.2, 0) is 4.79 Å². The molecule has 3 aromatic rings. The van der Waals surface area contributed by atoms with E-state index in [1.807, 2.05) is 0 Å². The molecule has 0 spiro atoms. The fourth-order valence-corrected chi connectivity index (χ4v) is 3.01. The van der Waals surface area contributed by atoms with Crippen molar-refractivity contribution in [3.63, 3.8) is 0 Å². The fourth-order valence-electron chi connectivity index (χ4n) is 2.54.